The lowest BCUT2D eigenvalue weighted by Crippen LogP contribution is -2.19. The second-order valence-corrected chi connectivity index (χ2v) is 5.30. The van der Waals surface area contributed by atoms with Crippen LogP contribution in [-0.2, 0) is 0 Å². The molecule has 0 amide bonds. The quantitative estimate of drug-likeness (QED) is 0.360. The van der Waals surface area contributed by atoms with Crippen molar-refractivity contribution in [3.8, 4) is 0 Å². The molecule has 1 aromatic rings. The maximum absolute atomic E-state index is 12.0. The first-order valence-corrected chi connectivity index (χ1v) is 6.91. The van der Waals surface area contributed by atoms with Gasteiger partial charge in [-0.3, -0.25) is 14.9 Å². The van der Waals surface area contributed by atoms with Gasteiger partial charge in [-0.1, -0.05) is 0 Å². The largest absolute Gasteiger partial charge is 0.383 e. The SMILES string of the molecule is CN(C)/C=C/C(=O)c1ccc(N2CCCC2)c([N+](=O)[O-])c1. The molecule has 0 atom stereocenters. The van der Waals surface area contributed by atoms with Crippen LogP contribution in [0.4, 0.5) is 11.4 Å². The van der Waals surface area contributed by atoms with Gasteiger partial charge in [0, 0.05) is 51.1 Å². The zero-order valence-electron chi connectivity index (χ0n) is 12.3. The average molecular weight is 289 g/mol. The molecule has 1 heterocycles. The number of carbonyl (C=O) groups is 1. The van der Waals surface area contributed by atoms with E-state index in [9.17, 15) is 14.9 Å². The van der Waals surface area contributed by atoms with E-state index in [4.69, 9.17) is 0 Å². The van der Waals surface area contributed by atoms with E-state index in [1.807, 2.05) is 19.0 Å². The van der Waals surface area contributed by atoms with Gasteiger partial charge in [-0.15, -0.1) is 0 Å². The van der Waals surface area contributed by atoms with E-state index in [1.165, 1.54) is 12.1 Å². The molecule has 6 heteroatoms. The minimum absolute atomic E-state index is 0.000929. The van der Waals surface area contributed by atoms with Crippen molar-refractivity contribution in [3.63, 3.8) is 0 Å². The van der Waals surface area contributed by atoms with E-state index >= 15 is 0 Å². The van der Waals surface area contributed by atoms with E-state index in [-0.39, 0.29) is 11.5 Å². The Kier molecular flexibility index (Phi) is 4.57. The van der Waals surface area contributed by atoms with E-state index in [0.717, 1.165) is 25.9 Å². The standard InChI is InChI=1S/C15H19N3O3/c1-16(2)10-7-15(19)12-5-6-13(14(11-12)18(20)21)17-8-3-4-9-17/h5-7,10-11H,3-4,8-9H2,1-2H3/b10-7+. The monoisotopic (exact) mass is 289 g/mol. The van der Waals surface area contributed by atoms with Gasteiger partial charge in [-0.05, 0) is 25.0 Å². The van der Waals surface area contributed by atoms with Crippen molar-refractivity contribution in [2.45, 2.75) is 12.8 Å². The third kappa shape index (κ3) is 3.59. The summed E-state index contributed by atoms with van der Waals surface area (Å²) in [7, 11) is 3.62. The van der Waals surface area contributed by atoms with Crippen LogP contribution in [0, 0.1) is 10.1 Å². The van der Waals surface area contributed by atoms with E-state index < -0.39 is 4.92 Å². The maximum atomic E-state index is 12.0. The Morgan fingerprint density at radius 2 is 2.00 bits per heavy atom. The molecule has 1 fully saturated rings. The van der Waals surface area contributed by atoms with Crippen molar-refractivity contribution in [1.29, 1.82) is 0 Å². The topological polar surface area (TPSA) is 66.7 Å². The van der Waals surface area contributed by atoms with Crippen LogP contribution >= 0.6 is 0 Å². The van der Waals surface area contributed by atoms with Gasteiger partial charge < -0.3 is 9.80 Å². The Morgan fingerprint density at radius 3 is 2.57 bits per heavy atom. The molecule has 1 aromatic carbocycles. The molecule has 0 N–H and O–H groups in total. The summed E-state index contributed by atoms with van der Waals surface area (Å²) in [6.45, 7) is 1.66. The lowest BCUT2D eigenvalue weighted by Gasteiger charge is -2.17. The predicted molar refractivity (Wildman–Crippen MR) is 81.7 cm³/mol. The molecule has 1 aliphatic heterocycles. The fourth-order valence-corrected chi connectivity index (χ4v) is 2.36. The molecular formula is C15H19N3O3. The molecule has 21 heavy (non-hydrogen) atoms. The Bertz CT molecular complexity index is 576. The Labute approximate surface area is 123 Å². The van der Waals surface area contributed by atoms with Gasteiger partial charge in [0.2, 0.25) is 0 Å². The molecule has 1 aliphatic rings. The zero-order valence-corrected chi connectivity index (χ0v) is 12.3. The fraction of sp³-hybridized carbons (Fsp3) is 0.400. The van der Waals surface area contributed by atoms with Crippen LogP contribution < -0.4 is 4.90 Å². The number of carbonyl (C=O) groups excluding carboxylic acids is 1. The molecule has 2 rings (SSSR count). The van der Waals surface area contributed by atoms with Gasteiger partial charge in [0.05, 0.1) is 4.92 Å². The van der Waals surface area contributed by atoms with Crippen LogP contribution in [0.5, 0.6) is 0 Å². The van der Waals surface area contributed by atoms with Gasteiger partial charge in [0.1, 0.15) is 5.69 Å². The average Bonchev–Trinajstić information content (AvgIpc) is 2.98. The number of nitro benzene ring substituents is 1. The molecule has 6 nitrogen and oxygen atoms in total. The minimum Gasteiger partial charge on any atom is -0.383 e. The highest BCUT2D eigenvalue weighted by Crippen LogP contribution is 2.31. The molecular weight excluding hydrogens is 270 g/mol. The molecule has 112 valence electrons. The van der Waals surface area contributed by atoms with Crippen molar-refractivity contribution in [1.82, 2.24) is 4.90 Å². The van der Waals surface area contributed by atoms with Gasteiger partial charge in [0.15, 0.2) is 5.78 Å². The van der Waals surface area contributed by atoms with Crippen molar-refractivity contribution in [2.75, 3.05) is 32.1 Å². The van der Waals surface area contributed by atoms with E-state index in [0.29, 0.717) is 11.3 Å². The smallest absolute Gasteiger partial charge is 0.293 e. The van der Waals surface area contributed by atoms with Crippen LogP contribution in [-0.4, -0.2) is 42.8 Å². The summed E-state index contributed by atoms with van der Waals surface area (Å²) in [6, 6.07) is 4.71. The molecule has 0 bridgehead atoms. The highest BCUT2D eigenvalue weighted by molar-refractivity contribution is 6.05. The number of anilines is 1. The minimum atomic E-state index is -0.417. The Hall–Kier alpha value is -2.37. The molecule has 1 saturated heterocycles. The van der Waals surface area contributed by atoms with Gasteiger partial charge >= 0.3 is 0 Å². The maximum Gasteiger partial charge on any atom is 0.293 e. The lowest BCUT2D eigenvalue weighted by molar-refractivity contribution is -0.384. The van der Waals surface area contributed by atoms with Crippen LogP contribution in [0.25, 0.3) is 0 Å². The number of hydrogen-bond acceptors (Lipinski definition) is 5. The molecule has 0 saturated carbocycles. The first-order chi connectivity index (χ1) is 9.99. The molecule has 0 aliphatic carbocycles. The summed E-state index contributed by atoms with van der Waals surface area (Å²) in [5, 5.41) is 11.3. The van der Waals surface area contributed by atoms with E-state index in [2.05, 4.69) is 0 Å². The first kappa shape index (κ1) is 15.0. The molecule has 0 unspecified atom stereocenters. The number of nitro groups is 1. The summed E-state index contributed by atoms with van der Waals surface area (Å²) >= 11 is 0. The number of ketones is 1. The summed E-state index contributed by atoms with van der Waals surface area (Å²) < 4.78 is 0. The Morgan fingerprint density at radius 1 is 1.33 bits per heavy atom. The highest BCUT2D eigenvalue weighted by atomic mass is 16.6. The van der Waals surface area contributed by atoms with Crippen LogP contribution in [0.1, 0.15) is 23.2 Å². The second kappa shape index (κ2) is 6.39. The van der Waals surface area contributed by atoms with Gasteiger partial charge in [-0.25, -0.2) is 0 Å². The number of allylic oxidation sites excluding steroid dienone is 1. The summed E-state index contributed by atoms with van der Waals surface area (Å²) in [5.41, 5.74) is 0.939. The van der Waals surface area contributed by atoms with Gasteiger partial charge in [0.25, 0.3) is 5.69 Å². The van der Waals surface area contributed by atoms with E-state index in [1.54, 1.807) is 23.2 Å². The fourth-order valence-electron chi connectivity index (χ4n) is 2.36. The van der Waals surface area contributed by atoms with Gasteiger partial charge in [-0.2, -0.15) is 0 Å². The van der Waals surface area contributed by atoms with Crippen molar-refractivity contribution in [3.05, 3.63) is 46.2 Å². The molecule has 0 radical (unpaired) electrons. The summed E-state index contributed by atoms with van der Waals surface area (Å²) in [5.74, 6) is -0.236. The number of hydrogen-bond donors (Lipinski definition) is 0. The predicted octanol–water partition coefficient (Wildman–Crippen LogP) is 2.45. The number of benzene rings is 1. The summed E-state index contributed by atoms with van der Waals surface area (Å²) in [4.78, 5) is 26.6. The van der Waals surface area contributed by atoms with Crippen molar-refractivity contribution in [2.24, 2.45) is 0 Å². The molecule has 0 aromatic heterocycles. The number of nitrogens with zero attached hydrogens (tertiary/aromatic N) is 3. The number of rotatable bonds is 5. The third-order valence-electron chi connectivity index (χ3n) is 3.43. The molecule has 0 spiro atoms. The van der Waals surface area contributed by atoms with Crippen LogP contribution in [0.3, 0.4) is 0 Å². The van der Waals surface area contributed by atoms with Crippen LogP contribution in [0.2, 0.25) is 0 Å². The highest BCUT2D eigenvalue weighted by Gasteiger charge is 2.23. The Balaban J connectivity index is 2.31. The van der Waals surface area contributed by atoms with Crippen molar-refractivity contribution >= 4 is 17.2 Å². The summed E-state index contributed by atoms with van der Waals surface area (Å²) in [6.07, 6.45) is 5.13. The lowest BCUT2D eigenvalue weighted by atomic mass is 10.1. The third-order valence-corrected chi connectivity index (χ3v) is 3.43. The first-order valence-electron chi connectivity index (χ1n) is 6.91. The normalized spacial score (nSPS) is 14.7. The second-order valence-electron chi connectivity index (χ2n) is 5.30. The van der Waals surface area contributed by atoms with Crippen LogP contribution in [0.15, 0.2) is 30.5 Å². The zero-order chi connectivity index (χ0) is 15.4. The van der Waals surface area contributed by atoms with Crippen molar-refractivity contribution < 1.29 is 9.72 Å².